The van der Waals surface area contributed by atoms with Crippen molar-refractivity contribution in [3.8, 4) is 0 Å². The van der Waals surface area contributed by atoms with Gasteiger partial charge in [-0.25, -0.2) is 0 Å². The normalized spacial score (nSPS) is 14.8. The Bertz CT molecular complexity index is 344. The Hall–Kier alpha value is -0.830. The van der Waals surface area contributed by atoms with Gasteiger partial charge in [-0.05, 0) is 57.2 Å². The molecule has 0 fully saturated rings. The zero-order chi connectivity index (χ0) is 14.3. The van der Waals surface area contributed by atoms with E-state index in [1.807, 2.05) is 0 Å². The van der Waals surface area contributed by atoms with Crippen molar-refractivity contribution in [3.63, 3.8) is 0 Å². The number of aromatic nitrogens is 2. The van der Waals surface area contributed by atoms with Crippen LogP contribution in [0.15, 0.2) is 12.3 Å². The highest BCUT2D eigenvalue weighted by Gasteiger charge is 2.14. The van der Waals surface area contributed by atoms with E-state index in [9.17, 15) is 0 Å². The van der Waals surface area contributed by atoms with E-state index in [0.717, 1.165) is 31.8 Å². The first-order valence-electron chi connectivity index (χ1n) is 7.81. The lowest BCUT2D eigenvalue weighted by molar-refractivity contribution is 0.382. The number of nitrogens with one attached hydrogen (secondary N) is 1. The molecule has 0 saturated heterocycles. The predicted molar refractivity (Wildman–Crippen MR) is 82.4 cm³/mol. The van der Waals surface area contributed by atoms with Crippen LogP contribution in [0.25, 0.3) is 0 Å². The van der Waals surface area contributed by atoms with Gasteiger partial charge < -0.3 is 5.32 Å². The molecule has 110 valence electrons. The van der Waals surface area contributed by atoms with Crippen LogP contribution in [0.3, 0.4) is 0 Å². The van der Waals surface area contributed by atoms with Gasteiger partial charge in [0.05, 0.1) is 5.69 Å². The molecule has 1 heterocycles. The summed E-state index contributed by atoms with van der Waals surface area (Å²) in [7, 11) is 0. The van der Waals surface area contributed by atoms with Crippen molar-refractivity contribution in [3.05, 3.63) is 18.0 Å². The first-order chi connectivity index (χ1) is 9.06. The smallest absolute Gasteiger partial charge is 0.0627 e. The summed E-state index contributed by atoms with van der Waals surface area (Å²) in [5.74, 6) is 1.44. The summed E-state index contributed by atoms with van der Waals surface area (Å²) in [5.41, 5.74) is 1.24. The van der Waals surface area contributed by atoms with Crippen molar-refractivity contribution < 1.29 is 0 Å². The predicted octanol–water partition coefficient (Wildman–Crippen LogP) is 3.67. The highest BCUT2D eigenvalue weighted by molar-refractivity contribution is 5.01. The minimum atomic E-state index is 0.506. The van der Waals surface area contributed by atoms with E-state index < -0.39 is 0 Å². The third kappa shape index (κ3) is 5.77. The van der Waals surface area contributed by atoms with Gasteiger partial charge in [-0.15, -0.1) is 0 Å². The quantitative estimate of drug-likeness (QED) is 0.738. The summed E-state index contributed by atoms with van der Waals surface area (Å²) in [6.07, 6.45) is 5.62. The van der Waals surface area contributed by atoms with Gasteiger partial charge in [-0.2, -0.15) is 5.10 Å². The molecule has 1 aromatic rings. The molecule has 0 amide bonds. The van der Waals surface area contributed by atoms with E-state index in [0.29, 0.717) is 12.0 Å². The van der Waals surface area contributed by atoms with Crippen LogP contribution >= 0.6 is 0 Å². The molecule has 19 heavy (non-hydrogen) atoms. The van der Waals surface area contributed by atoms with Gasteiger partial charge in [-0.3, -0.25) is 4.68 Å². The Labute approximate surface area is 118 Å². The molecule has 1 N–H and O–H groups in total. The topological polar surface area (TPSA) is 29.9 Å². The number of hydrogen-bond acceptors (Lipinski definition) is 2. The lowest BCUT2D eigenvalue weighted by atomic mass is 9.93. The molecule has 1 rings (SSSR count). The second-order valence-electron chi connectivity index (χ2n) is 6.05. The maximum absolute atomic E-state index is 4.73. The monoisotopic (exact) mass is 265 g/mol. The average Bonchev–Trinajstić information content (AvgIpc) is 2.82. The van der Waals surface area contributed by atoms with Crippen LogP contribution in [0.5, 0.6) is 0 Å². The maximum Gasteiger partial charge on any atom is 0.0627 e. The van der Waals surface area contributed by atoms with Crippen LogP contribution in [-0.4, -0.2) is 22.9 Å². The Morgan fingerprint density at radius 1 is 1.26 bits per heavy atom. The molecule has 0 spiro atoms. The molecular formula is C16H31N3. The summed E-state index contributed by atoms with van der Waals surface area (Å²) >= 11 is 0. The van der Waals surface area contributed by atoms with Gasteiger partial charge in [0.25, 0.3) is 0 Å². The molecule has 3 heteroatoms. The fourth-order valence-corrected chi connectivity index (χ4v) is 2.47. The molecular weight excluding hydrogens is 234 g/mol. The van der Waals surface area contributed by atoms with Crippen LogP contribution in [0.4, 0.5) is 0 Å². The van der Waals surface area contributed by atoms with Crippen molar-refractivity contribution in [1.82, 2.24) is 15.1 Å². The largest absolute Gasteiger partial charge is 0.317 e. The molecule has 0 aliphatic rings. The van der Waals surface area contributed by atoms with Gasteiger partial charge in [0.15, 0.2) is 0 Å². The number of rotatable bonds is 9. The van der Waals surface area contributed by atoms with E-state index in [4.69, 9.17) is 5.10 Å². The SMILES string of the molecule is CCNCC(Cc1ccn(C(C)CC)n1)CC(C)C. The molecule has 0 bridgehead atoms. The molecule has 0 aromatic carbocycles. The molecule has 0 aliphatic heterocycles. The lowest BCUT2D eigenvalue weighted by Crippen LogP contribution is -2.25. The van der Waals surface area contributed by atoms with E-state index in [-0.39, 0.29) is 0 Å². The summed E-state index contributed by atoms with van der Waals surface area (Å²) in [6.45, 7) is 13.4. The van der Waals surface area contributed by atoms with Crippen LogP contribution < -0.4 is 5.32 Å². The van der Waals surface area contributed by atoms with Crippen molar-refractivity contribution >= 4 is 0 Å². The molecule has 3 nitrogen and oxygen atoms in total. The summed E-state index contributed by atoms with van der Waals surface area (Å²) in [5, 5.41) is 8.21. The van der Waals surface area contributed by atoms with Gasteiger partial charge in [-0.1, -0.05) is 27.7 Å². The Kier molecular flexibility index (Phi) is 7.14. The summed E-state index contributed by atoms with van der Waals surface area (Å²) < 4.78 is 2.11. The Morgan fingerprint density at radius 3 is 2.58 bits per heavy atom. The van der Waals surface area contributed by atoms with E-state index >= 15 is 0 Å². The molecule has 1 aromatic heterocycles. The van der Waals surface area contributed by atoms with Gasteiger partial charge in [0.2, 0.25) is 0 Å². The first-order valence-corrected chi connectivity index (χ1v) is 7.81. The standard InChI is InChI=1S/C16H31N3/c1-6-14(5)19-9-8-16(18-19)11-15(10-13(3)4)12-17-7-2/h8-9,13-15,17H,6-7,10-12H2,1-5H3. The lowest BCUT2D eigenvalue weighted by Gasteiger charge is -2.18. The van der Waals surface area contributed by atoms with Crippen LogP contribution in [0, 0.1) is 11.8 Å². The third-order valence-corrected chi connectivity index (χ3v) is 3.69. The molecule has 0 aliphatic carbocycles. The van der Waals surface area contributed by atoms with Crippen LogP contribution in [0.1, 0.15) is 59.2 Å². The third-order valence-electron chi connectivity index (χ3n) is 3.69. The minimum Gasteiger partial charge on any atom is -0.317 e. The Morgan fingerprint density at radius 2 is 2.00 bits per heavy atom. The zero-order valence-electron chi connectivity index (χ0n) is 13.3. The Balaban J connectivity index is 2.59. The van der Waals surface area contributed by atoms with Crippen LogP contribution in [-0.2, 0) is 6.42 Å². The first kappa shape index (κ1) is 16.2. The fraction of sp³-hybridized carbons (Fsp3) is 0.812. The average molecular weight is 265 g/mol. The zero-order valence-corrected chi connectivity index (χ0v) is 13.3. The van der Waals surface area contributed by atoms with Gasteiger partial charge in [0, 0.05) is 12.2 Å². The maximum atomic E-state index is 4.73. The molecule has 2 unspecified atom stereocenters. The van der Waals surface area contributed by atoms with Gasteiger partial charge >= 0.3 is 0 Å². The highest BCUT2D eigenvalue weighted by atomic mass is 15.3. The van der Waals surface area contributed by atoms with Crippen molar-refractivity contribution in [2.75, 3.05) is 13.1 Å². The van der Waals surface area contributed by atoms with E-state index in [1.54, 1.807) is 0 Å². The second-order valence-corrected chi connectivity index (χ2v) is 6.05. The summed E-state index contributed by atoms with van der Waals surface area (Å²) in [4.78, 5) is 0. The fourth-order valence-electron chi connectivity index (χ4n) is 2.47. The number of hydrogen-bond donors (Lipinski definition) is 1. The number of nitrogens with zero attached hydrogens (tertiary/aromatic N) is 2. The van der Waals surface area contributed by atoms with Crippen molar-refractivity contribution in [2.24, 2.45) is 11.8 Å². The van der Waals surface area contributed by atoms with Crippen molar-refractivity contribution in [2.45, 2.75) is 59.9 Å². The molecule has 0 radical (unpaired) electrons. The van der Waals surface area contributed by atoms with Crippen LogP contribution in [0.2, 0.25) is 0 Å². The van der Waals surface area contributed by atoms with Gasteiger partial charge in [0.1, 0.15) is 0 Å². The van der Waals surface area contributed by atoms with Crippen molar-refractivity contribution in [1.29, 1.82) is 0 Å². The minimum absolute atomic E-state index is 0.506. The summed E-state index contributed by atoms with van der Waals surface area (Å²) in [6, 6.07) is 2.69. The van der Waals surface area contributed by atoms with E-state index in [1.165, 1.54) is 12.1 Å². The second kappa shape index (κ2) is 8.36. The molecule has 2 atom stereocenters. The highest BCUT2D eigenvalue weighted by Crippen LogP contribution is 2.17. The van der Waals surface area contributed by atoms with E-state index in [2.05, 4.69) is 56.9 Å². The molecule has 0 saturated carbocycles.